The quantitative estimate of drug-likeness (QED) is 0.489. The summed E-state index contributed by atoms with van der Waals surface area (Å²) < 4.78 is 25.7. The van der Waals surface area contributed by atoms with Gasteiger partial charge in [-0.25, -0.2) is 8.42 Å². The molecule has 2 amide bonds. The van der Waals surface area contributed by atoms with E-state index in [0.29, 0.717) is 28.9 Å². The monoisotopic (exact) mass is 451 g/mol. The average Bonchev–Trinajstić information content (AvgIpc) is 2.76. The van der Waals surface area contributed by atoms with Gasteiger partial charge in [0.2, 0.25) is 15.9 Å². The maximum Gasteiger partial charge on any atom is 0.251 e. The normalized spacial score (nSPS) is 11.9. The van der Waals surface area contributed by atoms with Crippen LogP contribution in [0.15, 0.2) is 78.9 Å². The van der Waals surface area contributed by atoms with Crippen molar-refractivity contribution in [3.05, 3.63) is 95.6 Å². The molecule has 166 valence electrons. The summed E-state index contributed by atoms with van der Waals surface area (Å²) in [6, 6.07) is 22.2. The molecule has 0 bridgehead atoms. The Bertz CT molecular complexity index is 1200. The molecule has 0 spiro atoms. The zero-order valence-electron chi connectivity index (χ0n) is 17.8. The number of nitrogens with one attached hydrogen (secondary N) is 3. The van der Waals surface area contributed by atoms with E-state index in [2.05, 4.69) is 15.4 Å². The Morgan fingerprint density at radius 1 is 0.906 bits per heavy atom. The molecule has 0 aliphatic rings. The predicted octanol–water partition coefficient (Wildman–Crippen LogP) is 3.35. The molecule has 8 heteroatoms. The van der Waals surface area contributed by atoms with Crippen LogP contribution in [0.5, 0.6) is 0 Å². The zero-order chi connectivity index (χ0) is 23.1. The molecule has 0 aromatic heterocycles. The van der Waals surface area contributed by atoms with E-state index in [9.17, 15) is 18.0 Å². The second kappa shape index (κ2) is 10.1. The van der Waals surface area contributed by atoms with Gasteiger partial charge in [0, 0.05) is 17.7 Å². The highest BCUT2D eigenvalue weighted by Gasteiger charge is 2.22. The van der Waals surface area contributed by atoms with Crippen molar-refractivity contribution in [2.75, 3.05) is 16.3 Å². The minimum Gasteiger partial charge on any atom is -0.340 e. The van der Waals surface area contributed by atoms with Crippen molar-refractivity contribution in [2.45, 2.75) is 19.4 Å². The molecule has 0 saturated heterocycles. The smallest absolute Gasteiger partial charge is 0.251 e. The van der Waals surface area contributed by atoms with Crippen LogP contribution in [-0.2, 0) is 21.2 Å². The van der Waals surface area contributed by atoms with Gasteiger partial charge in [0.05, 0.1) is 11.9 Å². The van der Waals surface area contributed by atoms with Crippen LogP contribution in [0.1, 0.15) is 21.5 Å². The summed E-state index contributed by atoms with van der Waals surface area (Å²) in [5, 5.41) is 5.59. The highest BCUT2D eigenvalue weighted by molar-refractivity contribution is 7.92. The van der Waals surface area contributed by atoms with Crippen LogP contribution in [0.3, 0.4) is 0 Å². The fourth-order valence-corrected chi connectivity index (χ4v) is 3.75. The Balaban J connectivity index is 1.81. The maximum atomic E-state index is 13.1. The number of benzene rings is 3. The number of aryl methyl sites for hydroxylation is 1. The van der Waals surface area contributed by atoms with E-state index in [0.717, 1.165) is 11.8 Å². The third-order valence-corrected chi connectivity index (χ3v) is 5.33. The van der Waals surface area contributed by atoms with Crippen molar-refractivity contribution < 1.29 is 18.0 Å². The molecular weight excluding hydrogens is 426 g/mol. The topological polar surface area (TPSA) is 104 Å². The van der Waals surface area contributed by atoms with Crippen LogP contribution in [0.25, 0.3) is 0 Å². The van der Waals surface area contributed by atoms with Gasteiger partial charge in [-0.05, 0) is 42.3 Å². The number of carbonyl (C=O) groups excluding carboxylic acids is 2. The lowest BCUT2D eigenvalue weighted by molar-refractivity contribution is -0.118. The molecule has 3 rings (SSSR count). The van der Waals surface area contributed by atoms with Crippen molar-refractivity contribution in [3.63, 3.8) is 0 Å². The Hall–Kier alpha value is -3.65. The van der Waals surface area contributed by atoms with E-state index in [1.165, 1.54) is 0 Å². The molecule has 0 aliphatic carbocycles. The van der Waals surface area contributed by atoms with Gasteiger partial charge in [-0.3, -0.25) is 14.3 Å². The number of sulfonamides is 1. The summed E-state index contributed by atoms with van der Waals surface area (Å²) in [4.78, 5) is 25.8. The lowest BCUT2D eigenvalue weighted by Gasteiger charge is -2.19. The summed E-state index contributed by atoms with van der Waals surface area (Å²) in [6.45, 7) is 1.76. The fraction of sp³-hybridized carbons (Fsp3) is 0.167. The first-order valence-corrected chi connectivity index (χ1v) is 11.9. The lowest BCUT2D eigenvalue weighted by Crippen LogP contribution is -2.45. The number of hydrogen-bond donors (Lipinski definition) is 3. The second-order valence-electron chi connectivity index (χ2n) is 7.47. The van der Waals surface area contributed by atoms with E-state index in [1.54, 1.807) is 49.4 Å². The first-order chi connectivity index (χ1) is 15.2. The van der Waals surface area contributed by atoms with Gasteiger partial charge in [-0.1, -0.05) is 54.6 Å². The third-order valence-electron chi connectivity index (χ3n) is 4.74. The van der Waals surface area contributed by atoms with Gasteiger partial charge < -0.3 is 10.6 Å². The molecule has 7 nitrogen and oxygen atoms in total. The minimum atomic E-state index is -3.47. The lowest BCUT2D eigenvalue weighted by atomic mass is 10.0. The van der Waals surface area contributed by atoms with Gasteiger partial charge in [0.1, 0.15) is 6.04 Å². The summed E-state index contributed by atoms with van der Waals surface area (Å²) >= 11 is 0. The number of hydrogen-bond acceptors (Lipinski definition) is 4. The highest BCUT2D eigenvalue weighted by Crippen LogP contribution is 2.21. The molecule has 1 atom stereocenters. The Morgan fingerprint density at radius 3 is 2.16 bits per heavy atom. The van der Waals surface area contributed by atoms with Crippen molar-refractivity contribution >= 4 is 33.2 Å². The second-order valence-corrected chi connectivity index (χ2v) is 9.22. The molecule has 3 aromatic carbocycles. The molecule has 1 unspecified atom stereocenters. The van der Waals surface area contributed by atoms with Gasteiger partial charge >= 0.3 is 0 Å². The number of amides is 2. The SMILES string of the molecule is Cc1ccc(NC(=O)C(Cc2ccccc2)NC(=O)c2ccccc2)cc1NS(C)(=O)=O. The van der Waals surface area contributed by atoms with Crippen LogP contribution < -0.4 is 15.4 Å². The summed E-state index contributed by atoms with van der Waals surface area (Å²) in [5.74, 6) is -0.766. The molecular formula is C24H25N3O4S. The van der Waals surface area contributed by atoms with Gasteiger partial charge in [-0.2, -0.15) is 0 Å². The molecule has 0 aliphatic heterocycles. The van der Waals surface area contributed by atoms with Crippen molar-refractivity contribution in [1.82, 2.24) is 5.32 Å². The standard InChI is InChI=1S/C24H25N3O4S/c1-17-13-14-20(16-21(17)27-32(2,30)31)25-24(29)22(15-18-9-5-3-6-10-18)26-23(28)19-11-7-4-8-12-19/h3-14,16,22,27H,15H2,1-2H3,(H,25,29)(H,26,28). The largest absolute Gasteiger partial charge is 0.340 e. The molecule has 32 heavy (non-hydrogen) atoms. The molecule has 3 aromatic rings. The van der Waals surface area contributed by atoms with Crippen molar-refractivity contribution in [3.8, 4) is 0 Å². The van der Waals surface area contributed by atoms with E-state index in [4.69, 9.17) is 0 Å². The van der Waals surface area contributed by atoms with Gasteiger partial charge in [-0.15, -0.1) is 0 Å². The van der Waals surface area contributed by atoms with Crippen LogP contribution in [0, 0.1) is 6.92 Å². The van der Waals surface area contributed by atoms with E-state index >= 15 is 0 Å². The minimum absolute atomic E-state index is 0.297. The van der Waals surface area contributed by atoms with E-state index in [-0.39, 0.29) is 5.91 Å². The number of anilines is 2. The van der Waals surface area contributed by atoms with Crippen molar-refractivity contribution in [2.24, 2.45) is 0 Å². The molecule has 0 fully saturated rings. The van der Waals surface area contributed by atoms with Crippen LogP contribution in [0.4, 0.5) is 11.4 Å². The molecule has 0 saturated carbocycles. The van der Waals surface area contributed by atoms with Crippen molar-refractivity contribution in [1.29, 1.82) is 0 Å². The average molecular weight is 452 g/mol. The Labute approximate surface area is 187 Å². The summed E-state index contributed by atoms with van der Waals surface area (Å²) in [7, 11) is -3.47. The highest BCUT2D eigenvalue weighted by atomic mass is 32.2. The summed E-state index contributed by atoms with van der Waals surface area (Å²) in [5.41, 5.74) is 2.85. The first kappa shape index (κ1) is 23.0. The van der Waals surface area contributed by atoms with Crippen LogP contribution in [0.2, 0.25) is 0 Å². The molecule has 0 radical (unpaired) electrons. The van der Waals surface area contributed by atoms with Gasteiger partial charge in [0.15, 0.2) is 0 Å². The number of carbonyl (C=O) groups is 2. The first-order valence-electron chi connectivity index (χ1n) is 10.0. The Morgan fingerprint density at radius 2 is 1.53 bits per heavy atom. The Kier molecular flexibility index (Phi) is 7.27. The summed E-state index contributed by atoms with van der Waals surface area (Å²) in [6.07, 6.45) is 1.36. The molecule has 3 N–H and O–H groups in total. The zero-order valence-corrected chi connectivity index (χ0v) is 18.6. The number of rotatable bonds is 8. The van der Waals surface area contributed by atoms with E-state index < -0.39 is 22.0 Å². The fourth-order valence-electron chi connectivity index (χ4n) is 3.13. The van der Waals surface area contributed by atoms with Gasteiger partial charge in [0.25, 0.3) is 5.91 Å². The molecule has 0 heterocycles. The predicted molar refractivity (Wildman–Crippen MR) is 126 cm³/mol. The van der Waals surface area contributed by atoms with Crippen LogP contribution in [-0.4, -0.2) is 32.5 Å². The van der Waals surface area contributed by atoms with Crippen LogP contribution >= 0.6 is 0 Å². The van der Waals surface area contributed by atoms with E-state index in [1.807, 2.05) is 36.4 Å². The maximum absolute atomic E-state index is 13.1. The third kappa shape index (κ3) is 6.68.